The van der Waals surface area contributed by atoms with E-state index < -0.39 is 10.0 Å². The van der Waals surface area contributed by atoms with E-state index in [1.807, 2.05) is 0 Å². The fourth-order valence-electron chi connectivity index (χ4n) is 2.53. The van der Waals surface area contributed by atoms with Gasteiger partial charge >= 0.3 is 0 Å². The molecular weight excluding hydrogens is 362 g/mol. The second-order valence-corrected chi connectivity index (χ2v) is 8.61. The number of hydrogen-bond acceptors (Lipinski definition) is 2. The third-order valence-electron chi connectivity index (χ3n) is 3.88. The van der Waals surface area contributed by atoms with Crippen LogP contribution in [0.15, 0.2) is 27.6 Å². The van der Waals surface area contributed by atoms with Gasteiger partial charge in [0, 0.05) is 11.0 Å². The van der Waals surface area contributed by atoms with Crippen LogP contribution in [0, 0.1) is 11.8 Å². The maximum atomic E-state index is 12.3. The summed E-state index contributed by atoms with van der Waals surface area (Å²) in [6.07, 6.45) is 4.56. The predicted octanol–water partition coefficient (Wildman–Crippen LogP) is 4.21. The van der Waals surface area contributed by atoms with Gasteiger partial charge in [0.25, 0.3) is 0 Å². The monoisotopic (exact) mass is 379 g/mol. The van der Waals surface area contributed by atoms with Crippen LogP contribution in [0.25, 0.3) is 0 Å². The highest BCUT2D eigenvalue weighted by Crippen LogP contribution is 2.29. The largest absolute Gasteiger partial charge is 0.242 e. The molecule has 0 bridgehead atoms. The van der Waals surface area contributed by atoms with Gasteiger partial charge in [-0.15, -0.1) is 0 Å². The Labute approximate surface area is 134 Å². The minimum absolute atomic E-state index is 0.145. The molecule has 1 aliphatic rings. The van der Waals surface area contributed by atoms with Gasteiger partial charge in [-0.3, -0.25) is 0 Å². The van der Waals surface area contributed by atoms with Crippen LogP contribution in [0.2, 0.25) is 5.02 Å². The van der Waals surface area contributed by atoms with E-state index >= 15 is 0 Å². The van der Waals surface area contributed by atoms with Crippen molar-refractivity contribution in [1.29, 1.82) is 0 Å². The topological polar surface area (TPSA) is 46.2 Å². The van der Waals surface area contributed by atoms with Crippen LogP contribution in [0.5, 0.6) is 0 Å². The number of halogens is 2. The average Bonchev–Trinajstić information content (AvgIpc) is 2.37. The summed E-state index contributed by atoms with van der Waals surface area (Å²) in [5.41, 5.74) is 0. The molecule has 2 rings (SSSR count). The summed E-state index contributed by atoms with van der Waals surface area (Å²) >= 11 is 9.28. The average molecular weight is 381 g/mol. The molecule has 1 aromatic carbocycles. The molecule has 0 radical (unpaired) electrons. The fourth-order valence-corrected chi connectivity index (χ4v) is 4.68. The van der Waals surface area contributed by atoms with Crippen molar-refractivity contribution in [1.82, 2.24) is 4.72 Å². The molecule has 1 fully saturated rings. The van der Waals surface area contributed by atoms with Gasteiger partial charge in [0.1, 0.15) is 4.90 Å². The molecule has 20 heavy (non-hydrogen) atoms. The molecule has 112 valence electrons. The van der Waals surface area contributed by atoms with E-state index in [-0.39, 0.29) is 9.92 Å². The number of rotatable bonds is 4. The van der Waals surface area contributed by atoms with Gasteiger partial charge in [0.2, 0.25) is 10.0 Å². The van der Waals surface area contributed by atoms with Crippen LogP contribution in [0.4, 0.5) is 0 Å². The van der Waals surface area contributed by atoms with Gasteiger partial charge in [-0.1, -0.05) is 47.3 Å². The van der Waals surface area contributed by atoms with Crippen molar-refractivity contribution in [2.75, 3.05) is 6.54 Å². The first kappa shape index (κ1) is 16.3. The minimum atomic E-state index is -3.52. The number of benzene rings is 1. The molecule has 0 saturated heterocycles. The lowest BCUT2D eigenvalue weighted by Crippen LogP contribution is -2.31. The van der Waals surface area contributed by atoms with Crippen LogP contribution in [-0.4, -0.2) is 15.0 Å². The van der Waals surface area contributed by atoms with E-state index in [4.69, 9.17) is 11.6 Å². The van der Waals surface area contributed by atoms with Gasteiger partial charge in [-0.2, -0.15) is 0 Å². The molecule has 6 heteroatoms. The molecule has 1 aromatic rings. The van der Waals surface area contributed by atoms with Crippen molar-refractivity contribution in [2.45, 2.75) is 37.5 Å². The zero-order valence-corrected chi connectivity index (χ0v) is 14.6. The molecule has 1 saturated carbocycles. The normalized spacial score (nSPS) is 23.8. The zero-order chi connectivity index (χ0) is 14.8. The lowest BCUT2D eigenvalue weighted by atomic mass is 9.83. The van der Waals surface area contributed by atoms with E-state index in [9.17, 15) is 8.42 Å². The predicted molar refractivity (Wildman–Crippen MR) is 85.5 cm³/mol. The summed E-state index contributed by atoms with van der Waals surface area (Å²) in [5, 5.41) is 0.240. The van der Waals surface area contributed by atoms with E-state index in [1.165, 1.54) is 18.9 Å². The molecule has 0 amide bonds. The summed E-state index contributed by atoms with van der Waals surface area (Å²) in [6, 6.07) is 4.80. The molecule has 0 aromatic heterocycles. The maximum absolute atomic E-state index is 12.3. The SMILES string of the molecule is CC1CCC(CNS(=O)(=O)c2ccc(Br)cc2Cl)CC1. The summed E-state index contributed by atoms with van der Waals surface area (Å²) in [7, 11) is -3.52. The third kappa shape index (κ3) is 4.20. The summed E-state index contributed by atoms with van der Waals surface area (Å²) in [5.74, 6) is 1.21. The van der Waals surface area contributed by atoms with Crippen LogP contribution in [-0.2, 0) is 10.0 Å². The second-order valence-electron chi connectivity index (χ2n) is 5.55. The first-order valence-corrected chi connectivity index (χ1v) is 9.48. The second kappa shape index (κ2) is 6.77. The minimum Gasteiger partial charge on any atom is -0.211 e. The quantitative estimate of drug-likeness (QED) is 0.850. The van der Waals surface area contributed by atoms with Crippen molar-refractivity contribution < 1.29 is 8.42 Å². The molecule has 1 N–H and O–H groups in total. The fraction of sp³-hybridized carbons (Fsp3) is 0.571. The Balaban J connectivity index is 2.00. The van der Waals surface area contributed by atoms with Crippen molar-refractivity contribution in [2.24, 2.45) is 11.8 Å². The third-order valence-corrected chi connectivity index (χ3v) is 6.28. The van der Waals surface area contributed by atoms with Crippen molar-refractivity contribution in [3.8, 4) is 0 Å². The number of hydrogen-bond donors (Lipinski definition) is 1. The Morgan fingerprint density at radius 2 is 1.95 bits per heavy atom. The maximum Gasteiger partial charge on any atom is 0.242 e. The van der Waals surface area contributed by atoms with E-state index in [0.717, 1.165) is 23.2 Å². The molecule has 0 atom stereocenters. The standard InChI is InChI=1S/C14H19BrClNO2S/c1-10-2-4-11(5-3-10)9-17-20(18,19)14-7-6-12(15)8-13(14)16/h6-8,10-11,17H,2-5,9H2,1H3. The lowest BCUT2D eigenvalue weighted by molar-refractivity contribution is 0.290. The molecule has 0 spiro atoms. The van der Waals surface area contributed by atoms with Gasteiger partial charge in [-0.25, -0.2) is 13.1 Å². The van der Waals surface area contributed by atoms with E-state index in [2.05, 4.69) is 27.6 Å². The summed E-state index contributed by atoms with van der Waals surface area (Å²) < 4.78 is 28.0. The molecule has 0 unspecified atom stereocenters. The Morgan fingerprint density at radius 1 is 1.30 bits per heavy atom. The van der Waals surface area contributed by atoms with Crippen molar-refractivity contribution in [3.63, 3.8) is 0 Å². The number of sulfonamides is 1. The molecule has 1 aliphatic carbocycles. The highest BCUT2D eigenvalue weighted by molar-refractivity contribution is 9.10. The van der Waals surface area contributed by atoms with Crippen LogP contribution in [0.1, 0.15) is 32.6 Å². The Bertz CT molecular complexity index is 569. The van der Waals surface area contributed by atoms with Gasteiger partial charge < -0.3 is 0 Å². The summed E-state index contributed by atoms with van der Waals surface area (Å²) in [4.78, 5) is 0.145. The van der Waals surface area contributed by atoms with Crippen LogP contribution >= 0.6 is 27.5 Å². The highest BCUT2D eigenvalue weighted by atomic mass is 79.9. The molecule has 3 nitrogen and oxygen atoms in total. The zero-order valence-electron chi connectivity index (χ0n) is 11.4. The van der Waals surface area contributed by atoms with Crippen molar-refractivity contribution in [3.05, 3.63) is 27.7 Å². The Hall–Kier alpha value is -0.100. The van der Waals surface area contributed by atoms with Gasteiger partial charge in [0.15, 0.2) is 0 Å². The summed E-state index contributed by atoms with van der Waals surface area (Å²) in [6.45, 7) is 2.75. The smallest absolute Gasteiger partial charge is 0.211 e. The van der Waals surface area contributed by atoms with Crippen LogP contribution in [0.3, 0.4) is 0 Å². The molecule has 0 heterocycles. The Morgan fingerprint density at radius 3 is 2.55 bits per heavy atom. The van der Waals surface area contributed by atoms with Gasteiger partial charge in [0.05, 0.1) is 5.02 Å². The number of nitrogens with one attached hydrogen (secondary N) is 1. The van der Waals surface area contributed by atoms with E-state index in [0.29, 0.717) is 12.5 Å². The first-order chi connectivity index (χ1) is 9.38. The first-order valence-electron chi connectivity index (χ1n) is 6.83. The van der Waals surface area contributed by atoms with Gasteiger partial charge in [-0.05, 0) is 42.9 Å². The van der Waals surface area contributed by atoms with Crippen LogP contribution < -0.4 is 4.72 Å². The van der Waals surface area contributed by atoms with E-state index in [1.54, 1.807) is 12.1 Å². The molecule has 0 aliphatic heterocycles. The lowest BCUT2D eigenvalue weighted by Gasteiger charge is -2.26. The Kier molecular flexibility index (Phi) is 5.51. The van der Waals surface area contributed by atoms with Crippen molar-refractivity contribution >= 4 is 37.6 Å². The molecular formula is C14H19BrClNO2S. The highest BCUT2D eigenvalue weighted by Gasteiger charge is 2.22.